The molecule has 0 aliphatic rings. The molecule has 0 heterocycles. The number of methoxy groups -OCH3 is 1. The van der Waals surface area contributed by atoms with Gasteiger partial charge in [-0.05, 0) is 85.7 Å². The van der Waals surface area contributed by atoms with Crippen LogP contribution in [0.2, 0.25) is 0 Å². The van der Waals surface area contributed by atoms with Crippen molar-refractivity contribution >= 4 is 11.6 Å². The quantitative estimate of drug-likeness (QED) is 0.674. The van der Waals surface area contributed by atoms with Crippen molar-refractivity contribution in [2.75, 3.05) is 7.11 Å². The van der Waals surface area contributed by atoms with Crippen molar-refractivity contribution in [3.05, 3.63) is 63.2 Å². The highest BCUT2D eigenvalue weighted by molar-refractivity contribution is 6.22. The van der Waals surface area contributed by atoms with Crippen LogP contribution in [0.15, 0.2) is 24.3 Å². The zero-order valence-electron chi connectivity index (χ0n) is 13.7. The largest absolute Gasteiger partial charge is 0.497 e. The molecule has 0 fully saturated rings. The van der Waals surface area contributed by atoms with Crippen LogP contribution in [-0.2, 0) is 0 Å². The Morgan fingerprint density at radius 1 is 0.762 bits per heavy atom. The number of rotatable bonds is 3. The van der Waals surface area contributed by atoms with Gasteiger partial charge in [0.2, 0.25) is 0 Å². The molecule has 0 amide bonds. The Bertz CT molecular complexity index is 627. The Hall–Kier alpha value is -1.47. The van der Waals surface area contributed by atoms with E-state index in [2.05, 4.69) is 34.6 Å². The van der Waals surface area contributed by atoms with Gasteiger partial charge in [-0.3, -0.25) is 0 Å². The van der Waals surface area contributed by atoms with Crippen molar-refractivity contribution in [2.45, 2.75) is 40.0 Å². The molecule has 21 heavy (non-hydrogen) atoms. The van der Waals surface area contributed by atoms with E-state index in [0.29, 0.717) is 0 Å². The summed E-state index contributed by atoms with van der Waals surface area (Å²) in [6.07, 6.45) is 0. The first-order valence-corrected chi connectivity index (χ1v) is 7.67. The number of hydrogen-bond donors (Lipinski definition) is 0. The Balaban J connectivity index is 2.55. The minimum absolute atomic E-state index is 0.131. The van der Waals surface area contributed by atoms with Gasteiger partial charge in [0.25, 0.3) is 0 Å². The number of alkyl halides is 1. The maximum Gasteiger partial charge on any atom is 0.118 e. The lowest BCUT2D eigenvalue weighted by molar-refractivity contribution is 0.414. The number of halogens is 1. The van der Waals surface area contributed by atoms with E-state index >= 15 is 0 Å². The van der Waals surface area contributed by atoms with Crippen molar-refractivity contribution in [3.63, 3.8) is 0 Å². The lowest BCUT2D eigenvalue weighted by Gasteiger charge is -2.22. The summed E-state index contributed by atoms with van der Waals surface area (Å²) < 4.78 is 5.21. The highest BCUT2D eigenvalue weighted by Crippen LogP contribution is 2.37. The molecule has 0 radical (unpaired) electrons. The van der Waals surface area contributed by atoms with E-state index in [9.17, 15) is 0 Å². The molecular formula is C19H23ClO. The topological polar surface area (TPSA) is 9.23 Å². The van der Waals surface area contributed by atoms with E-state index < -0.39 is 0 Å². The fourth-order valence-electron chi connectivity index (χ4n) is 2.85. The molecule has 0 N–H and O–H groups in total. The standard InChI is InChI=1S/C19H23ClO/c1-11-12(2)14(4)18(15(5)13(11)3)19(20)16-7-9-17(21-6)10-8-16/h7-10,19H,1-6H3. The molecule has 0 aromatic heterocycles. The zero-order chi connectivity index (χ0) is 15.7. The van der Waals surface area contributed by atoms with Gasteiger partial charge in [-0.25, -0.2) is 0 Å². The van der Waals surface area contributed by atoms with Crippen molar-refractivity contribution in [1.29, 1.82) is 0 Å². The van der Waals surface area contributed by atoms with Gasteiger partial charge < -0.3 is 4.74 Å². The second kappa shape index (κ2) is 6.11. The van der Waals surface area contributed by atoms with Crippen LogP contribution in [0.3, 0.4) is 0 Å². The molecule has 2 rings (SSSR count). The lowest BCUT2D eigenvalue weighted by atomic mass is 9.86. The fraction of sp³-hybridized carbons (Fsp3) is 0.368. The van der Waals surface area contributed by atoms with Gasteiger partial charge in [0.1, 0.15) is 5.75 Å². The van der Waals surface area contributed by atoms with Crippen molar-refractivity contribution in [2.24, 2.45) is 0 Å². The molecule has 2 aromatic rings. The van der Waals surface area contributed by atoms with Crippen LogP contribution in [-0.4, -0.2) is 7.11 Å². The van der Waals surface area contributed by atoms with Gasteiger partial charge in [-0.1, -0.05) is 12.1 Å². The van der Waals surface area contributed by atoms with Crippen LogP contribution in [0.25, 0.3) is 0 Å². The predicted octanol–water partition coefficient (Wildman–Crippen LogP) is 5.57. The molecule has 0 spiro atoms. The first-order chi connectivity index (χ1) is 9.88. The third-order valence-corrected chi connectivity index (χ3v) is 5.19. The van der Waals surface area contributed by atoms with E-state index in [1.54, 1.807) is 7.11 Å². The van der Waals surface area contributed by atoms with E-state index in [0.717, 1.165) is 11.3 Å². The average Bonchev–Trinajstić information content (AvgIpc) is 2.51. The van der Waals surface area contributed by atoms with Gasteiger partial charge in [-0.15, -0.1) is 11.6 Å². The minimum Gasteiger partial charge on any atom is -0.497 e. The molecule has 2 heteroatoms. The Morgan fingerprint density at radius 3 is 1.62 bits per heavy atom. The van der Waals surface area contributed by atoms with Crippen molar-refractivity contribution in [3.8, 4) is 5.75 Å². The normalized spacial score (nSPS) is 12.3. The Labute approximate surface area is 132 Å². The van der Waals surface area contributed by atoms with Gasteiger partial charge in [0.15, 0.2) is 0 Å². The second-order valence-corrected chi connectivity index (χ2v) is 6.11. The number of benzene rings is 2. The molecule has 1 unspecified atom stereocenters. The van der Waals surface area contributed by atoms with Gasteiger partial charge >= 0.3 is 0 Å². The highest BCUT2D eigenvalue weighted by atomic mass is 35.5. The first-order valence-electron chi connectivity index (χ1n) is 7.23. The monoisotopic (exact) mass is 302 g/mol. The summed E-state index contributed by atoms with van der Waals surface area (Å²) in [6, 6.07) is 8.01. The summed E-state index contributed by atoms with van der Waals surface area (Å²) >= 11 is 6.79. The molecule has 0 saturated heterocycles. The first kappa shape index (κ1) is 15.9. The summed E-state index contributed by atoms with van der Waals surface area (Å²) in [4.78, 5) is 0. The maximum atomic E-state index is 6.79. The van der Waals surface area contributed by atoms with Crippen LogP contribution in [0, 0.1) is 34.6 Å². The third kappa shape index (κ3) is 2.80. The maximum absolute atomic E-state index is 6.79. The Kier molecular flexibility index (Phi) is 4.63. The van der Waals surface area contributed by atoms with Crippen LogP contribution in [0.1, 0.15) is 44.3 Å². The summed E-state index contributed by atoms with van der Waals surface area (Å²) in [5.74, 6) is 0.854. The van der Waals surface area contributed by atoms with Gasteiger partial charge in [0.05, 0.1) is 12.5 Å². The van der Waals surface area contributed by atoms with Gasteiger partial charge in [0, 0.05) is 0 Å². The van der Waals surface area contributed by atoms with Gasteiger partial charge in [-0.2, -0.15) is 0 Å². The molecule has 112 valence electrons. The summed E-state index contributed by atoms with van der Waals surface area (Å²) in [5.41, 5.74) is 8.98. The second-order valence-electron chi connectivity index (χ2n) is 5.67. The smallest absolute Gasteiger partial charge is 0.118 e. The van der Waals surface area contributed by atoms with Crippen LogP contribution >= 0.6 is 11.6 Å². The Morgan fingerprint density at radius 2 is 1.19 bits per heavy atom. The fourth-order valence-corrected chi connectivity index (χ4v) is 3.32. The van der Waals surface area contributed by atoms with Crippen molar-refractivity contribution in [1.82, 2.24) is 0 Å². The molecule has 2 aromatic carbocycles. The summed E-state index contributed by atoms with van der Waals surface area (Å²) in [6.45, 7) is 10.9. The zero-order valence-corrected chi connectivity index (χ0v) is 14.4. The van der Waals surface area contributed by atoms with E-state index in [1.165, 1.54) is 33.4 Å². The summed E-state index contributed by atoms with van der Waals surface area (Å²) in [5, 5.41) is -0.131. The third-order valence-electron chi connectivity index (χ3n) is 4.72. The lowest BCUT2D eigenvalue weighted by Crippen LogP contribution is -2.06. The van der Waals surface area contributed by atoms with Crippen LogP contribution in [0.4, 0.5) is 0 Å². The molecular weight excluding hydrogens is 280 g/mol. The predicted molar refractivity (Wildman–Crippen MR) is 90.8 cm³/mol. The van der Waals surface area contributed by atoms with E-state index in [-0.39, 0.29) is 5.38 Å². The van der Waals surface area contributed by atoms with E-state index in [1.807, 2.05) is 24.3 Å². The molecule has 0 bridgehead atoms. The molecule has 1 nitrogen and oxygen atoms in total. The number of hydrogen-bond acceptors (Lipinski definition) is 1. The summed E-state index contributed by atoms with van der Waals surface area (Å²) in [7, 11) is 1.67. The molecule has 0 aliphatic carbocycles. The number of ether oxygens (including phenoxy) is 1. The van der Waals surface area contributed by atoms with Crippen LogP contribution in [0.5, 0.6) is 5.75 Å². The van der Waals surface area contributed by atoms with Crippen LogP contribution < -0.4 is 4.74 Å². The molecule has 0 saturated carbocycles. The van der Waals surface area contributed by atoms with Crippen molar-refractivity contribution < 1.29 is 4.74 Å². The SMILES string of the molecule is COc1ccc(C(Cl)c2c(C)c(C)c(C)c(C)c2C)cc1. The average molecular weight is 303 g/mol. The highest BCUT2D eigenvalue weighted by Gasteiger charge is 2.20. The van der Waals surface area contributed by atoms with E-state index in [4.69, 9.17) is 16.3 Å². The molecule has 0 aliphatic heterocycles. The molecule has 1 atom stereocenters. The minimum atomic E-state index is -0.131.